The molecule has 3 aromatic rings. The Kier molecular flexibility index (Phi) is 5.03. The Morgan fingerprint density at radius 2 is 1.40 bits per heavy atom. The van der Waals surface area contributed by atoms with E-state index in [4.69, 9.17) is 0 Å². The third-order valence-corrected chi connectivity index (χ3v) is 4.62. The molecule has 1 aromatic heterocycles. The van der Waals surface area contributed by atoms with Gasteiger partial charge in [0.25, 0.3) is 0 Å². The largest absolute Gasteiger partial charge is 0.197 e. The minimum atomic E-state index is 0.405. The number of hydrogen-bond acceptors (Lipinski definition) is 4. The number of aryl methyl sites for hydroxylation is 2. The maximum atomic E-state index is 10.6. The molecule has 0 aliphatic carbocycles. The summed E-state index contributed by atoms with van der Waals surface area (Å²) in [7, 11) is 0. The Hall–Kier alpha value is -2.82. The maximum absolute atomic E-state index is 10.6. The van der Waals surface area contributed by atoms with E-state index >= 15 is 0 Å². The van der Waals surface area contributed by atoms with Crippen molar-refractivity contribution in [2.75, 3.05) is 0 Å². The van der Waals surface area contributed by atoms with Crippen LogP contribution in [0, 0.1) is 4.91 Å². The number of nitrogens with zero attached hydrogens (tertiary/aromatic N) is 3. The lowest BCUT2D eigenvalue weighted by atomic mass is 9.91. The molecule has 0 bridgehead atoms. The Labute approximate surface area is 147 Å². The van der Waals surface area contributed by atoms with Crippen LogP contribution in [0.1, 0.15) is 37.5 Å². The van der Waals surface area contributed by atoms with Gasteiger partial charge in [-0.05, 0) is 65.4 Å². The van der Waals surface area contributed by atoms with Crippen LogP contribution in [0.15, 0.2) is 41.6 Å². The number of nitrogens with one attached hydrogen (secondary N) is 1. The van der Waals surface area contributed by atoms with E-state index in [9.17, 15) is 4.91 Å². The highest BCUT2D eigenvalue weighted by Crippen LogP contribution is 2.32. The van der Waals surface area contributed by atoms with Gasteiger partial charge in [-0.1, -0.05) is 32.9 Å². The van der Waals surface area contributed by atoms with Gasteiger partial charge in [0.2, 0.25) is 0 Å². The molecule has 0 aliphatic rings. The van der Waals surface area contributed by atoms with Crippen molar-refractivity contribution in [3.05, 3.63) is 58.0 Å². The summed E-state index contributed by atoms with van der Waals surface area (Å²) in [5.41, 5.74) is 8.18. The molecule has 0 radical (unpaired) electrons. The van der Waals surface area contributed by atoms with Crippen molar-refractivity contribution >= 4 is 5.69 Å². The molecule has 0 atom stereocenters. The number of nitroso groups, excluding NO2 is 1. The Balaban J connectivity index is 2.11. The number of aromatic amines is 1. The fourth-order valence-corrected chi connectivity index (χ4v) is 3.33. The minimum Gasteiger partial charge on any atom is -0.197 e. The van der Waals surface area contributed by atoms with Crippen molar-refractivity contribution in [3.63, 3.8) is 0 Å². The van der Waals surface area contributed by atoms with Crippen LogP contribution in [0.5, 0.6) is 0 Å². The average molecular weight is 334 g/mol. The molecule has 0 aliphatic heterocycles. The van der Waals surface area contributed by atoms with Gasteiger partial charge >= 0.3 is 0 Å². The molecule has 5 nitrogen and oxygen atoms in total. The Morgan fingerprint density at radius 3 is 1.88 bits per heavy atom. The summed E-state index contributed by atoms with van der Waals surface area (Å²) < 4.78 is 0. The van der Waals surface area contributed by atoms with Crippen molar-refractivity contribution < 1.29 is 0 Å². The second-order valence-electron chi connectivity index (χ2n) is 5.99. The van der Waals surface area contributed by atoms with E-state index < -0.39 is 0 Å². The number of benzene rings is 2. The molecule has 5 heteroatoms. The van der Waals surface area contributed by atoms with Crippen LogP contribution >= 0.6 is 0 Å². The molecule has 1 N–H and O–H groups in total. The SMILES string of the molecule is CCc1cc(-c2n[nH]nc2-c2ccc(N=O)cc2)cc(CC)c1CC. The van der Waals surface area contributed by atoms with Gasteiger partial charge in [0.1, 0.15) is 17.1 Å². The molecular formula is C20H22N4O. The zero-order valence-electron chi connectivity index (χ0n) is 14.8. The fourth-order valence-electron chi connectivity index (χ4n) is 3.33. The summed E-state index contributed by atoms with van der Waals surface area (Å²) >= 11 is 0. The lowest BCUT2D eigenvalue weighted by molar-refractivity contribution is 0.942. The van der Waals surface area contributed by atoms with Crippen LogP contribution in [-0.2, 0) is 19.3 Å². The first-order valence-electron chi connectivity index (χ1n) is 8.71. The molecule has 0 unspecified atom stereocenters. The Morgan fingerprint density at radius 1 is 0.840 bits per heavy atom. The third kappa shape index (κ3) is 3.22. The lowest BCUT2D eigenvalue weighted by Gasteiger charge is -2.14. The quantitative estimate of drug-likeness (QED) is 0.628. The van der Waals surface area contributed by atoms with E-state index in [1.54, 1.807) is 12.1 Å². The van der Waals surface area contributed by atoms with Gasteiger partial charge < -0.3 is 0 Å². The summed E-state index contributed by atoms with van der Waals surface area (Å²) in [6.45, 7) is 6.58. The molecule has 0 spiro atoms. The predicted octanol–water partition coefficient (Wildman–Crippen LogP) is 5.22. The molecule has 1 heterocycles. The molecule has 2 aromatic carbocycles. The van der Waals surface area contributed by atoms with E-state index in [1.165, 1.54) is 16.7 Å². The van der Waals surface area contributed by atoms with Crippen molar-refractivity contribution in [1.29, 1.82) is 0 Å². The van der Waals surface area contributed by atoms with Crippen LogP contribution in [0.4, 0.5) is 5.69 Å². The first-order chi connectivity index (χ1) is 12.2. The van der Waals surface area contributed by atoms with Gasteiger partial charge in [0.15, 0.2) is 0 Å². The van der Waals surface area contributed by atoms with Gasteiger partial charge in [0, 0.05) is 11.1 Å². The highest BCUT2D eigenvalue weighted by Gasteiger charge is 2.16. The highest BCUT2D eigenvalue weighted by molar-refractivity contribution is 5.79. The molecule has 0 saturated heterocycles. The second kappa shape index (κ2) is 7.38. The first kappa shape index (κ1) is 17.0. The zero-order valence-corrected chi connectivity index (χ0v) is 14.8. The van der Waals surface area contributed by atoms with E-state index in [1.807, 2.05) is 12.1 Å². The number of rotatable bonds is 6. The molecular weight excluding hydrogens is 312 g/mol. The van der Waals surface area contributed by atoms with Gasteiger partial charge in [0.05, 0.1) is 0 Å². The van der Waals surface area contributed by atoms with Crippen LogP contribution in [-0.4, -0.2) is 15.4 Å². The Bertz CT molecular complexity index is 856. The molecule has 3 rings (SSSR count). The molecule has 25 heavy (non-hydrogen) atoms. The van der Waals surface area contributed by atoms with E-state index in [0.29, 0.717) is 5.69 Å². The monoisotopic (exact) mass is 334 g/mol. The van der Waals surface area contributed by atoms with Gasteiger partial charge in [-0.2, -0.15) is 15.4 Å². The van der Waals surface area contributed by atoms with Crippen LogP contribution in [0.2, 0.25) is 0 Å². The number of hydrogen-bond donors (Lipinski definition) is 1. The minimum absolute atomic E-state index is 0.405. The lowest BCUT2D eigenvalue weighted by Crippen LogP contribution is -1.99. The summed E-state index contributed by atoms with van der Waals surface area (Å²) in [6, 6.07) is 11.5. The van der Waals surface area contributed by atoms with Crippen LogP contribution in [0.25, 0.3) is 22.5 Å². The summed E-state index contributed by atoms with van der Waals surface area (Å²) in [5, 5.41) is 14.4. The topological polar surface area (TPSA) is 71.0 Å². The zero-order chi connectivity index (χ0) is 17.8. The van der Waals surface area contributed by atoms with Crippen molar-refractivity contribution in [1.82, 2.24) is 15.4 Å². The fraction of sp³-hybridized carbons (Fsp3) is 0.300. The van der Waals surface area contributed by atoms with Crippen LogP contribution in [0.3, 0.4) is 0 Å². The van der Waals surface area contributed by atoms with Crippen LogP contribution < -0.4 is 0 Å². The van der Waals surface area contributed by atoms with E-state index in [2.05, 4.69) is 53.5 Å². The van der Waals surface area contributed by atoms with Gasteiger partial charge in [-0.15, -0.1) is 4.91 Å². The van der Waals surface area contributed by atoms with Gasteiger partial charge in [-0.3, -0.25) is 0 Å². The summed E-state index contributed by atoms with van der Waals surface area (Å²) in [5.74, 6) is 0. The average Bonchev–Trinajstić information content (AvgIpc) is 3.16. The van der Waals surface area contributed by atoms with Crippen molar-refractivity contribution in [2.45, 2.75) is 40.0 Å². The molecule has 0 saturated carbocycles. The normalized spacial score (nSPS) is 10.8. The molecule has 0 amide bonds. The number of H-pyrrole nitrogens is 1. The molecule has 128 valence electrons. The first-order valence-corrected chi connectivity index (χ1v) is 8.71. The summed E-state index contributed by atoms with van der Waals surface area (Å²) in [6.07, 6.45) is 3.03. The van der Waals surface area contributed by atoms with E-state index in [-0.39, 0.29) is 0 Å². The second-order valence-corrected chi connectivity index (χ2v) is 5.99. The smallest absolute Gasteiger partial charge is 0.120 e. The standard InChI is InChI=1S/C20H22N4O/c1-4-13-11-16(12-14(5-2)18(13)6-3)20-19(21-24-22-20)15-7-9-17(23-25)10-8-15/h7-12H,4-6H2,1-3H3,(H,21,22,24). The highest BCUT2D eigenvalue weighted by atomic mass is 16.3. The maximum Gasteiger partial charge on any atom is 0.120 e. The van der Waals surface area contributed by atoms with Crippen molar-refractivity contribution in [3.8, 4) is 22.5 Å². The summed E-state index contributed by atoms with van der Waals surface area (Å²) in [4.78, 5) is 10.6. The van der Waals surface area contributed by atoms with Crippen molar-refractivity contribution in [2.24, 2.45) is 5.18 Å². The van der Waals surface area contributed by atoms with Gasteiger partial charge in [-0.25, -0.2) is 0 Å². The predicted molar refractivity (Wildman–Crippen MR) is 101 cm³/mol. The third-order valence-electron chi connectivity index (χ3n) is 4.62. The number of aromatic nitrogens is 3. The molecule has 0 fully saturated rings. The van der Waals surface area contributed by atoms with E-state index in [0.717, 1.165) is 41.8 Å².